The summed E-state index contributed by atoms with van der Waals surface area (Å²) in [5.41, 5.74) is 23.1. The van der Waals surface area contributed by atoms with Crippen molar-refractivity contribution in [1.29, 1.82) is 0 Å². The number of aromatic nitrogens is 6. The van der Waals surface area contributed by atoms with E-state index in [1.165, 1.54) is 43.8 Å². The van der Waals surface area contributed by atoms with E-state index in [-0.39, 0.29) is 0 Å². The molecule has 0 aliphatic carbocycles. The smallest absolute Gasteiger partial charge is 0.115 e. The Bertz CT molecular complexity index is 3780. The van der Waals surface area contributed by atoms with Gasteiger partial charge >= 0.3 is 0 Å². The summed E-state index contributed by atoms with van der Waals surface area (Å²) >= 11 is 0. The molecule has 0 N–H and O–H groups in total. The molecule has 6 nitrogen and oxygen atoms in total. The Balaban J connectivity index is 0.828. The summed E-state index contributed by atoms with van der Waals surface area (Å²) in [7, 11) is -2.44. The maximum atomic E-state index is 4.99. The molecule has 0 unspecified atom stereocenters. The third kappa shape index (κ3) is 9.76. The highest BCUT2D eigenvalue weighted by Crippen LogP contribution is 2.56. The van der Waals surface area contributed by atoms with Gasteiger partial charge in [-0.3, -0.25) is 19.9 Å². The first kappa shape index (κ1) is 48.6. The fourth-order valence-corrected chi connectivity index (χ4v) is 15.0. The van der Waals surface area contributed by atoms with Gasteiger partial charge in [-0.05, 0) is 161 Å². The van der Waals surface area contributed by atoms with Gasteiger partial charge in [-0.25, -0.2) is 9.97 Å². The topological polar surface area (TPSA) is 77.3 Å². The predicted molar refractivity (Wildman–Crippen MR) is 327 cm³/mol. The van der Waals surface area contributed by atoms with Crippen LogP contribution >= 0.6 is 0 Å². The lowest BCUT2D eigenvalue weighted by atomic mass is 9.89. The molecule has 0 amide bonds. The standard InChI is InChI=1S/C72H52N6Si/c1-79(2)71(57-37-33-51(34-38-57)49-25-29-53(30-26-49)59-45-65(61-21-9-13-41-73-61)77-66(46-59)62-22-10-14-42-74-62)69(55-17-5-3-6-18-55)70(56-19-7-4-8-20-56)72(79)58-39-35-52(36-40-58)50-27-31-54(32-28-50)60-47-67(63-23-11-15-43-75-63)78-68(48-60)64-24-12-16-44-76-64/h3-48H,1-2H3. The number of rotatable bonds is 12. The molecule has 0 saturated heterocycles. The number of benzene rings is 6. The number of pyridine rings is 6. The quantitative estimate of drug-likeness (QED) is 0.113. The number of nitrogens with zero attached hydrogens (tertiary/aromatic N) is 6. The Labute approximate surface area is 462 Å². The molecular weight excluding hydrogens is 977 g/mol. The van der Waals surface area contributed by atoms with Gasteiger partial charge in [0.25, 0.3) is 0 Å². The molecule has 0 bridgehead atoms. The summed E-state index contributed by atoms with van der Waals surface area (Å²) in [6.45, 7) is 5.07. The van der Waals surface area contributed by atoms with Crippen LogP contribution in [-0.2, 0) is 0 Å². The second-order valence-electron chi connectivity index (χ2n) is 20.3. The maximum Gasteiger partial charge on any atom is 0.115 e. The molecule has 0 spiro atoms. The zero-order valence-corrected chi connectivity index (χ0v) is 44.7. The zero-order chi connectivity index (χ0) is 53.1. The van der Waals surface area contributed by atoms with E-state index >= 15 is 0 Å². The van der Waals surface area contributed by atoms with Gasteiger partial charge in [-0.15, -0.1) is 0 Å². The molecular formula is C72H52N6Si. The number of hydrogen-bond acceptors (Lipinski definition) is 6. The van der Waals surface area contributed by atoms with Crippen LogP contribution in [0, 0.1) is 0 Å². The lowest BCUT2D eigenvalue weighted by Crippen LogP contribution is -2.28. The molecule has 1 aliphatic rings. The molecule has 79 heavy (non-hydrogen) atoms. The summed E-state index contributed by atoms with van der Waals surface area (Å²) < 4.78 is 0. The molecule has 6 aromatic carbocycles. The third-order valence-electron chi connectivity index (χ3n) is 14.9. The molecule has 7 heterocycles. The lowest BCUT2D eigenvalue weighted by Gasteiger charge is -2.27. The molecule has 0 atom stereocenters. The average molecular weight is 1030 g/mol. The second kappa shape index (κ2) is 21.1. The first-order valence-electron chi connectivity index (χ1n) is 26.6. The first-order valence-corrected chi connectivity index (χ1v) is 29.6. The van der Waals surface area contributed by atoms with Crippen LogP contribution in [-0.4, -0.2) is 38.0 Å². The highest BCUT2D eigenvalue weighted by molar-refractivity contribution is 7.13. The summed E-state index contributed by atoms with van der Waals surface area (Å²) in [5, 5.41) is 2.88. The Morgan fingerprint density at radius 1 is 0.215 bits per heavy atom. The minimum absolute atomic E-state index is 0.808. The highest BCUT2D eigenvalue weighted by Gasteiger charge is 2.43. The summed E-state index contributed by atoms with van der Waals surface area (Å²) in [5.74, 6) is 0. The van der Waals surface area contributed by atoms with Crippen molar-refractivity contribution in [3.63, 3.8) is 0 Å². The van der Waals surface area contributed by atoms with E-state index in [0.717, 1.165) is 90.1 Å². The van der Waals surface area contributed by atoms with E-state index < -0.39 is 8.07 Å². The van der Waals surface area contributed by atoms with Crippen molar-refractivity contribution in [3.8, 4) is 90.1 Å². The minimum Gasteiger partial charge on any atom is -0.255 e. The van der Waals surface area contributed by atoms with Crippen molar-refractivity contribution in [2.45, 2.75) is 13.1 Å². The van der Waals surface area contributed by atoms with Gasteiger partial charge < -0.3 is 0 Å². The van der Waals surface area contributed by atoms with Gasteiger partial charge in [0.2, 0.25) is 0 Å². The molecule has 0 fully saturated rings. The van der Waals surface area contributed by atoms with E-state index in [9.17, 15) is 0 Å². The summed E-state index contributed by atoms with van der Waals surface area (Å²) in [6.07, 6.45) is 7.23. The zero-order valence-electron chi connectivity index (χ0n) is 43.7. The Hall–Kier alpha value is -10.1. The van der Waals surface area contributed by atoms with Crippen LogP contribution in [0.25, 0.3) is 112 Å². The normalized spacial score (nSPS) is 12.9. The number of allylic oxidation sites excluding steroid dienone is 2. The van der Waals surface area contributed by atoms with Gasteiger partial charge in [-0.2, -0.15) is 0 Å². The van der Waals surface area contributed by atoms with E-state index in [1.54, 1.807) is 24.8 Å². The molecule has 0 saturated carbocycles. The van der Waals surface area contributed by atoms with Crippen molar-refractivity contribution in [1.82, 2.24) is 29.9 Å². The fourth-order valence-electron chi connectivity index (χ4n) is 11.1. The third-order valence-corrected chi connectivity index (χ3v) is 18.5. The van der Waals surface area contributed by atoms with Gasteiger partial charge in [0.05, 0.1) is 45.6 Å². The largest absolute Gasteiger partial charge is 0.255 e. The molecule has 12 aromatic rings. The van der Waals surface area contributed by atoms with Crippen molar-refractivity contribution in [3.05, 3.63) is 302 Å². The van der Waals surface area contributed by atoms with Gasteiger partial charge in [0.15, 0.2) is 0 Å². The van der Waals surface area contributed by atoms with Crippen molar-refractivity contribution in [2.75, 3.05) is 0 Å². The Morgan fingerprint density at radius 2 is 0.456 bits per heavy atom. The number of hydrogen-bond donors (Lipinski definition) is 0. The van der Waals surface area contributed by atoms with Crippen LogP contribution in [0.1, 0.15) is 22.3 Å². The van der Waals surface area contributed by atoms with Crippen molar-refractivity contribution >= 4 is 29.6 Å². The fraction of sp³-hybridized carbons (Fsp3) is 0.0278. The van der Waals surface area contributed by atoms with Crippen LogP contribution < -0.4 is 0 Å². The summed E-state index contributed by atoms with van der Waals surface area (Å²) in [6, 6.07) is 90.4. The minimum atomic E-state index is -2.44. The van der Waals surface area contributed by atoms with Crippen LogP contribution in [0.5, 0.6) is 0 Å². The summed E-state index contributed by atoms with van der Waals surface area (Å²) in [4.78, 5) is 28.5. The van der Waals surface area contributed by atoms with E-state index in [1.807, 2.05) is 72.8 Å². The second-order valence-corrected chi connectivity index (χ2v) is 24.5. The molecule has 374 valence electrons. The van der Waals surface area contributed by atoms with E-state index in [0.29, 0.717) is 0 Å². The van der Waals surface area contributed by atoms with Crippen LogP contribution in [0.15, 0.2) is 280 Å². The SMILES string of the molecule is C[Si]1(C)C(c2ccc(-c3ccc(-c4cc(-c5ccccn5)nc(-c5ccccn5)c4)cc3)cc2)=C(c2ccccc2)C(c2ccccc2)=C1c1ccc(-c2ccc(-c3cc(-c4ccccn4)nc(-c4ccccn4)c3)cc2)cc1. The molecule has 1 aliphatic heterocycles. The van der Waals surface area contributed by atoms with Gasteiger partial charge in [-0.1, -0.05) is 195 Å². The Kier molecular flexibility index (Phi) is 13.0. The first-order chi connectivity index (χ1) is 38.9. The van der Waals surface area contributed by atoms with Gasteiger partial charge in [0, 0.05) is 24.8 Å². The lowest BCUT2D eigenvalue weighted by molar-refractivity contribution is 1.22. The van der Waals surface area contributed by atoms with Crippen molar-refractivity contribution < 1.29 is 0 Å². The molecule has 0 radical (unpaired) electrons. The van der Waals surface area contributed by atoms with Gasteiger partial charge in [0.1, 0.15) is 8.07 Å². The van der Waals surface area contributed by atoms with Crippen molar-refractivity contribution in [2.24, 2.45) is 0 Å². The predicted octanol–water partition coefficient (Wildman–Crippen LogP) is 17.7. The molecule has 7 heteroatoms. The van der Waals surface area contributed by atoms with E-state index in [4.69, 9.17) is 9.97 Å². The van der Waals surface area contributed by atoms with E-state index in [2.05, 4.69) is 215 Å². The average Bonchev–Trinajstić information content (AvgIpc) is 3.94. The monoisotopic (exact) mass is 1030 g/mol. The van der Waals surface area contributed by atoms with Crippen LogP contribution in [0.2, 0.25) is 13.1 Å². The van der Waals surface area contributed by atoms with Crippen LogP contribution in [0.3, 0.4) is 0 Å². The Morgan fingerprint density at radius 3 is 0.709 bits per heavy atom. The maximum absolute atomic E-state index is 4.99. The highest BCUT2D eigenvalue weighted by atomic mass is 28.3. The molecule has 6 aromatic heterocycles. The molecule has 13 rings (SSSR count). The van der Waals surface area contributed by atoms with Crippen LogP contribution in [0.4, 0.5) is 0 Å².